The van der Waals surface area contributed by atoms with Crippen LogP contribution < -0.4 is 10.6 Å². The van der Waals surface area contributed by atoms with Crippen molar-refractivity contribution in [1.82, 2.24) is 15.2 Å². The highest BCUT2D eigenvalue weighted by atomic mass is 79.9. The molecule has 0 radical (unpaired) electrons. The molecule has 1 heterocycles. The summed E-state index contributed by atoms with van der Waals surface area (Å²) < 4.78 is 2.66. The molecule has 0 bridgehead atoms. The summed E-state index contributed by atoms with van der Waals surface area (Å²) in [5.74, 6) is -0.244. The van der Waals surface area contributed by atoms with Crippen LogP contribution in [0.2, 0.25) is 0 Å². The van der Waals surface area contributed by atoms with Gasteiger partial charge in [0.2, 0.25) is 5.91 Å². The molecular formula is C21H28BrN3O2. The summed E-state index contributed by atoms with van der Waals surface area (Å²) in [7, 11) is 1.89. The summed E-state index contributed by atoms with van der Waals surface area (Å²) in [6.07, 6.45) is 6.39. The van der Waals surface area contributed by atoms with Crippen LogP contribution in [0.5, 0.6) is 0 Å². The molecule has 1 fully saturated rings. The lowest BCUT2D eigenvalue weighted by molar-refractivity contribution is -0.128. The number of fused-ring (bicyclic) bond motifs is 1. The molecule has 2 N–H and O–H groups in total. The van der Waals surface area contributed by atoms with Gasteiger partial charge in [-0.3, -0.25) is 9.59 Å². The number of benzene rings is 1. The first-order valence-corrected chi connectivity index (χ1v) is 10.6. The first kappa shape index (κ1) is 19.9. The van der Waals surface area contributed by atoms with Crippen molar-refractivity contribution >= 4 is 38.6 Å². The monoisotopic (exact) mass is 433 g/mol. The normalized spacial score (nSPS) is 16.3. The summed E-state index contributed by atoms with van der Waals surface area (Å²) >= 11 is 3.59. The van der Waals surface area contributed by atoms with Gasteiger partial charge in [-0.25, -0.2) is 0 Å². The lowest BCUT2D eigenvalue weighted by Crippen LogP contribution is -2.60. The first-order valence-electron chi connectivity index (χ1n) is 9.84. The van der Waals surface area contributed by atoms with E-state index in [9.17, 15) is 9.59 Å². The van der Waals surface area contributed by atoms with Gasteiger partial charge in [-0.2, -0.15) is 0 Å². The molecule has 2 aromatic rings. The highest BCUT2D eigenvalue weighted by Gasteiger charge is 2.41. The van der Waals surface area contributed by atoms with Gasteiger partial charge in [0.1, 0.15) is 11.2 Å². The molecule has 146 valence electrons. The first-order chi connectivity index (χ1) is 13.0. The highest BCUT2D eigenvalue weighted by Crippen LogP contribution is 2.33. The van der Waals surface area contributed by atoms with Crippen LogP contribution in [0.15, 0.2) is 28.7 Å². The third-order valence-electron chi connectivity index (χ3n) is 5.57. The number of carbonyl (C=O) groups excluding carboxylic acids is 2. The number of rotatable bonds is 6. The molecule has 1 aromatic carbocycles. The summed E-state index contributed by atoms with van der Waals surface area (Å²) in [6, 6.07) is 7.90. The van der Waals surface area contributed by atoms with Gasteiger partial charge < -0.3 is 15.2 Å². The van der Waals surface area contributed by atoms with Gasteiger partial charge in [-0.1, -0.05) is 50.8 Å². The number of hydrogen-bond donors (Lipinski definition) is 2. The third kappa shape index (κ3) is 3.91. The minimum absolute atomic E-state index is 0.0427. The van der Waals surface area contributed by atoms with E-state index in [1.54, 1.807) is 0 Å². The molecule has 1 saturated carbocycles. The van der Waals surface area contributed by atoms with E-state index in [0.29, 0.717) is 25.1 Å². The van der Waals surface area contributed by atoms with Crippen LogP contribution in [0.4, 0.5) is 0 Å². The number of nitrogens with one attached hydrogen (secondary N) is 2. The highest BCUT2D eigenvalue weighted by molar-refractivity contribution is 9.10. The molecule has 1 aliphatic rings. The van der Waals surface area contributed by atoms with Gasteiger partial charge in [0.15, 0.2) is 0 Å². The van der Waals surface area contributed by atoms with Crippen molar-refractivity contribution in [3.8, 4) is 0 Å². The van der Waals surface area contributed by atoms with Gasteiger partial charge in [0.05, 0.1) is 4.47 Å². The van der Waals surface area contributed by atoms with Gasteiger partial charge >= 0.3 is 0 Å². The van der Waals surface area contributed by atoms with Gasteiger partial charge in [-0.05, 0) is 41.3 Å². The van der Waals surface area contributed by atoms with Crippen molar-refractivity contribution < 1.29 is 9.59 Å². The average molecular weight is 434 g/mol. The topological polar surface area (TPSA) is 63.1 Å². The van der Waals surface area contributed by atoms with Gasteiger partial charge in [-0.15, -0.1) is 0 Å². The van der Waals surface area contributed by atoms with Crippen LogP contribution in [0.3, 0.4) is 0 Å². The number of nitrogens with zero attached hydrogens (tertiary/aromatic N) is 1. The number of amides is 2. The number of carbonyl (C=O) groups is 2. The van der Waals surface area contributed by atoms with Crippen LogP contribution in [0.25, 0.3) is 10.9 Å². The molecule has 0 aliphatic heterocycles. The largest absolute Gasteiger partial charge is 0.354 e. The van der Waals surface area contributed by atoms with Crippen molar-refractivity contribution in [1.29, 1.82) is 0 Å². The Labute approximate surface area is 169 Å². The molecular weight excluding hydrogens is 406 g/mol. The Morgan fingerprint density at radius 2 is 1.89 bits per heavy atom. The quantitative estimate of drug-likeness (QED) is 0.667. The van der Waals surface area contributed by atoms with Gasteiger partial charge in [0.25, 0.3) is 5.91 Å². The van der Waals surface area contributed by atoms with E-state index in [-0.39, 0.29) is 11.8 Å². The Balaban J connectivity index is 1.88. The summed E-state index contributed by atoms with van der Waals surface area (Å²) in [4.78, 5) is 26.2. The van der Waals surface area contributed by atoms with E-state index in [4.69, 9.17) is 0 Å². The Hall–Kier alpha value is -1.82. The Morgan fingerprint density at radius 1 is 1.19 bits per heavy atom. The molecule has 27 heavy (non-hydrogen) atoms. The van der Waals surface area contributed by atoms with Crippen LogP contribution in [-0.4, -0.2) is 28.5 Å². The molecule has 0 saturated heterocycles. The molecule has 0 spiro atoms. The second-order valence-electron chi connectivity index (χ2n) is 7.45. The number of para-hydroxylation sites is 1. The second kappa shape index (κ2) is 8.46. The number of halogens is 1. The average Bonchev–Trinajstić information content (AvgIpc) is 2.93. The van der Waals surface area contributed by atoms with Crippen molar-refractivity contribution in [2.45, 2.75) is 57.4 Å². The minimum Gasteiger partial charge on any atom is -0.354 e. The van der Waals surface area contributed by atoms with Crippen molar-refractivity contribution in [3.05, 3.63) is 34.4 Å². The van der Waals surface area contributed by atoms with Crippen molar-refractivity contribution in [3.63, 3.8) is 0 Å². The minimum atomic E-state index is -0.807. The number of aryl methyl sites for hydroxylation is 1. The smallest absolute Gasteiger partial charge is 0.269 e. The van der Waals surface area contributed by atoms with Gasteiger partial charge in [0, 0.05) is 24.5 Å². The van der Waals surface area contributed by atoms with Crippen LogP contribution in [-0.2, 0) is 11.8 Å². The van der Waals surface area contributed by atoms with E-state index < -0.39 is 5.54 Å². The maximum absolute atomic E-state index is 13.2. The van der Waals surface area contributed by atoms with Crippen LogP contribution >= 0.6 is 15.9 Å². The Kier molecular flexibility index (Phi) is 6.25. The molecule has 0 unspecified atom stereocenters. The standard InChI is InChI=1S/C21H28BrN3O2/c1-3-4-14-23-20(27)21(12-8-5-9-13-21)24-19(26)18-17(22)15-10-6-7-11-16(15)25(18)2/h6-7,10-11H,3-5,8-9,12-14H2,1-2H3,(H,23,27)(H,24,26). The predicted molar refractivity (Wildman–Crippen MR) is 112 cm³/mol. The zero-order chi connectivity index (χ0) is 19.4. The maximum Gasteiger partial charge on any atom is 0.269 e. The maximum atomic E-state index is 13.2. The second-order valence-corrected chi connectivity index (χ2v) is 8.24. The molecule has 1 aliphatic carbocycles. The molecule has 1 aromatic heterocycles. The van der Waals surface area contributed by atoms with Crippen molar-refractivity contribution in [2.24, 2.45) is 7.05 Å². The van der Waals surface area contributed by atoms with E-state index in [1.807, 2.05) is 35.9 Å². The zero-order valence-corrected chi connectivity index (χ0v) is 17.7. The van der Waals surface area contributed by atoms with E-state index in [0.717, 1.165) is 47.5 Å². The number of unbranched alkanes of at least 4 members (excludes halogenated alkanes) is 1. The molecule has 5 nitrogen and oxygen atoms in total. The van der Waals surface area contributed by atoms with Crippen molar-refractivity contribution in [2.75, 3.05) is 6.54 Å². The summed E-state index contributed by atoms with van der Waals surface area (Å²) in [5, 5.41) is 7.15. The van der Waals surface area contributed by atoms with E-state index in [1.165, 1.54) is 0 Å². The van der Waals surface area contributed by atoms with E-state index >= 15 is 0 Å². The zero-order valence-electron chi connectivity index (χ0n) is 16.1. The number of aromatic nitrogens is 1. The number of hydrogen-bond acceptors (Lipinski definition) is 2. The molecule has 2 amide bonds. The summed E-state index contributed by atoms with van der Waals surface area (Å²) in [6.45, 7) is 2.76. The predicted octanol–water partition coefficient (Wildman–Crippen LogP) is 4.29. The van der Waals surface area contributed by atoms with Crippen LogP contribution in [0.1, 0.15) is 62.4 Å². The Morgan fingerprint density at radius 3 is 2.56 bits per heavy atom. The lowest BCUT2D eigenvalue weighted by atomic mass is 9.80. The summed E-state index contributed by atoms with van der Waals surface area (Å²) in [5.41, 5.74) is 0.737. The van der Waals surface area contributed by atoms with E-state index in [2.05, 4.69) is 33.5 Å². The fourth-order valence-corrected chi connectivity index (χ4v) is 4.77. The lowest BCUT2D eigenvalue weighted by Gasteiger charge is -2.36. The fraction of sp³-hybridized carbons (Fsp3) is 0.524. The third-order valence-corrected chi connectivity index (χ3v) is 6.37. The molecule has 6 heteroatoms. The SMILES string of the molecule is CCCCNC(=O)C1(NC(=O)c2c(Br)c3ccccc3n2C)CCCCC1. The molecule has 3 rings (SSSR count). The van der Waals surface area contributed by atoms with Crippen LogP contribution in [0, 0.1) is 0 Å². The Bertz CT molecular complexity index is 798. The fourth-order valence-electron chi connectivity index (χ4n) is 3.99. The molecule has 0 atom stereocenters.